The van der Waals surface area contributed by atoms with Crippen LogP contribution in [0.1, 0.15) is 23.2 Å². The Labute approximate surface area is 131 Å². The van der Waals surface area contributed by atoms with Crippen molar-refractivity contribution in [3.63, 3.8) is 0 Å². The van der Waals surface area contributed by atoms with Gasteiger partial charge in [-0.2, -0.15) is 0 Å². The zero-order valence-electron chi connectivity index (χ0n) is 13.3. The number of nitrogens with zero attached hydrogens (tertiary/aromatic N) is 1. The van der Waals surface area contributed by atoms with Crippen LogP contribution in [0.2, 0.25) is 0 Å². The minimum Gasteiger partial charge on any atom is -0.493 e. The first kappa shape index (κ1) is 15.2. The van der Waals surface area contributed by atoms with Gasteiger partial charge in [-0.25, -0.2) is 0 Å². The predicted octanol–water partition coefficient (Wildman–Crippen LogP) is 1.78. The van der Waals surface area contributed by atoms with E-state index in [2.05, 4.69) is 5.32 Å². The number of hydrogen-bond donors (Lipinski definition) is 1. The van der Waals surface area contributed by atoms with Crippen molar-refractivity contribution in [2.24, 2.45) is 11.8 Å². The van der Waals surface area contributed by atoms with Gasteiger partial charge in [-0.15, -0.1) is 0 Å². The van der Waals surface area contributed by atoms with Crippen LogP contribution in [0.5, 0.6) is 11.5 Å². The highest BCUT2D eigenvalue weighted by Crippen LogP contribution is 2.30. The summed E-state index contributed by atoms with van der Waals surface area (Å²) in [7, 11) is 3.19. The molecule has 2 heterocycles. The maximum atomic E-state index is 12.8. The molecule has 0 radical (unpaired) electrons. The summed E-state index contributed by atoms with van der Waals surface area (Å²) in [6.45, 7) is 3.89. The molecule has 2 atom stereocenters. The van der Waals surface area contributed by atoms with Gasteiger partial charge in [0.2, 0.25) is 0 Å². The third-order valence-electron chi connectivity index (χ3n) is 4.94. The van der Waals surface area contributed by atoms with E-state index in [0.717, 1.165) is 50.9 Å². The monoisotopic (exact) mass is 304 g/mol. The van der Waals surface area contributed by atoms with Crippen molar-refractivity contribution in [2.45, 2.75) is 12.8 Å². The van der Waals surface area contributed by atoms with Crippen LogP contribution in [0.4, 0.5) is 0 Å². The van der Waals surface area contributed by atoms with E-state index in [1.165, 1.54) is 0 Å². The van der Waals surface area contributed by atoms with E-state index in [4.69, 9.17) is 9.47 Å². The fraction of sp³-hybridized carbons (Fsp3) is 0.588. The Morgan fingerprint density at radius 3 is 2.32 bits per heavy atom. The standard InChI is InChI=1S/C17H24N2O3/c1-21-15-4-3-12(9-16(15)22-2)17(20)19-7-5-13-10-18-11-14(13)6-8-19/h3-4,9,13-14,18H,5-8,10-11H2,1-2H3/t13-,14+. The number of ether oxygens (including phenoxy) is 2. The number of methoxy groups -OCH3 is 2. The molecule has 5 nitrogen and oxygen atoms in total. The number of hydrogen-bond acceptors (Lipinski definition) is 4. The van der Waals surface area contributed by atoms with Gasteiger partial charge in [0.05, 0.1) is 14.2 Å². The summed E-state index contributed by atoms with van der Waals surface area (Å²) < 4.78 is 10.5. The lowest BCUT2D eigenvalue weighted by atomic mass is 9.92. The summed E-state index contributed by atoms with van der Waals surface area (Å²) >= 11 is 0. The second kappa shape index (κ2) is 6.57. The molecule has 2 aliphatic rings. The van der Waals surface area contributed by atoms with Gasteiger partial charge in [0, 0.05) is 18.7 Å². The highest BCUT2D eigenvalue weighted by atomic mass is 16.5. The van der Waals surface area contributed by atoms with Crippen LogP contribution in [0, 0.1) is 11.8 Å². The smallest absolute Gasteiger partial charge is 0.253 e. The molecule has 1 amide bonds. The molecule has 0 unspecified atom stereocenters. The van der Waals surface area contributed by atoms with Gasteiger partial charge in [0.25, 0.3) is 5.91 Å². The second-order valence-electron chi connectivity index (χ2n) is 6.12. The minimum atomic E-state index is 0.0916. The van der Waals surface area contributed by atoms with Crippen LogP contribution < -0.4 is 14.8 Å². The quantitative estimate of drug-likeness (QED) is 0.925. The van der Waals surface area contributed by atoms with Gasteiger partial charge < -0.3 is 19.7 Å². The first-order chi connectivity index (χ1) is 10.7. The van der Waals surface area contributed by atoms with Gasteiger partial charge in [-0.1, -0.05) is 0 Å². The van der Waals surface area contributed by atoms with Crippen LogP contribution in [0.3, 0.4) is 0 Å². The molecule has 2 fully saturated rings. The summed E-state index contributed by atoms with van der Waals surface area (Å²) in [6, 6.07) is 5.38. The first-order valence-electron chi connectivity index (χ1n) is 7.95. The number of carbonyl (C=O) groups excluding carboxylic acids is 1. The number of benzene rings is 1. The van der Waals surface area contributed by atoms with Gasteiger partial charge in [-0.3, -0.25) is 4.79 Å². The summed E-state index contributed by atoms with van der Waals surface area (Å²) in [5, 5.41) is 3.46. The highest BCUT2D eigenvalue weighted by molar-refractivity contribution is 5.95. The number of rotatable bonds is 3. The average molecular weight is 304 g/mol. The molecule has 2 aliphatic heterocycles. The van der Waals surface area contributed by atoms with E-state index in [9.17, 15) is 4.79 Å². The maximum Gasteiger partial charge on any atom is 0.253 e. The molecule has 0 bridgehead atoms. The van der Waals surface area contributed by atoms with Crippen LogP contribution in [-0.4, -0.2) is 51.2 Å². The van der Waals surface area contributed by atoms with Gasteiger partial charge in [0.15, 0.2) is 11.5 Å². The van der Waals surface area contributed by atoms with E-state index in [0.29, 0.717) is 17.1 Å². The third-order valence-corrected chi connectivity index (χ3v) is 4.94. The molecule has 1 N–H and O–H groups in total. The Balaban J connectivity index is 1.73. The minimum absolute atomic E-state index is 0.0916. The van der Waals surface area contributed by atoms with Crippen molar-refractivity contribution in [3.05, 3.63) is 23.8 Å². The fourth-order valence-electron chi connectivity index (χ4n) is 3.57. The summed E-state index contributed by atoms with van der Waals surface area (Å²) in [5.41, 5.74) is 0.669. The molecule has 120 valence electrons. The van der Waals surface area contributed by atoms with E-state index >= 15 is 0 Å². The molecule has 1 aromatic carbocycles. The van der Waals surface area contributed by atoms with Crippen LogP contribution in [0.15, 0.2) is 18.2 Å². The normalized spacial score (nSPS) is 24.5. The lowest BCUT2D eigenvalue weighted by Crippen LogP contribution is -2.32. The molecule has 5 heteroatoms. The maximum absolute atomic E-state index is 12.8. The summed E-state index contributed by atoms with van der Waals surface area (Å²) in [4.78, 5) is 14.7. The Morgan fingerprint density at radius 2 is 1.73 bits per heavy atom. The zero-order valence-corrected chi connectivity index (χ0v) is 13.3. The average Bonchev–Trinajstić information content (AvgIpc) is 2.92. The van der Waals surface area contributed by atoms with Gasteiger partial charge in [0.1, 0.15) is 0 Å². The molecule has 22 heavy (non-hydrogen) atoms. The lowest BCUT2D eigenvalue weighted by Gasteiger charge is -2.21. The number of likely N-dealkylation sites (tertiary alicyclic amines) is 1. The van der Waals surface area contributed by atoms with Crippen molar-refractivity contribution in [1.82, 2.24) is 10.2 Å². The summed E-state index contributed by atoms with van der Waals surface area (Å²) in [5.74, 6) is 2.79. The van der Waals surface area contributed by atoms with Crippen molar-refractivity contribution >= 4 is 5.91 Å². The van der Waals surface area contributed by atoms with E-state index in [1.807, 2.05) is 11.0 Å². The second-order valence-corrected chi connectivity index (χ2v) is 6.12. The van der Waals surface area contributed by atoms with Crippen LogP contribution in [0.25, 0.3) is 0 Å². The van der Waals surface area contributed by atoms with Crippen molar-refractivity contribution < 1.29 is 14.3 Å². The Hall–Kier alpha value is -1.75. The summed E-state index contributed by atoms with van der Waals surface area (Å²) in [6.07, 6.45) is 2.19. The molecular weight excluding hydrogens is 280 g/mol. The van der Waals surface area contributed by atoms with Gasteiger partial charge in [-0.05, 0) is 56.0 Å². The highest BCUT2D eigenvalue weighted by Gasteiger charge is 2.31. The fourth-order valence-corrected chi connectivity index (χ4v) is 3.57. The molecule has 1 aromatic rings. The topological polar surface area (TPSA) is 50.8 Å². The first-order valence-corrected chi connectivity index (χ1v) is 7.95. The molecular formula is C17H24N2O3. The molecule has 2 saturated heterocycles. The van der Waals surface area contributed by atoms with E-state index < -0.39 is 0 Å². The molecule has 0 aromatic heterocycles. The Bertz CT molecular complexity index is 533. The van der Waals surface area contributed by atoms with E-state index in [1.54, 1.807) is 26.4 Å². The third kappa shape index (κ3) is 2.90. The lowest BCUT2D eigenvalue weighted by molar-refractivity contribution is 0.0758. The number of nitrogens with one attached hydrogen (secondary N) is 1. The van der Waals surface area contributed by atoms with E-state index in [-0.39, 0.29) is 5.91 Å². The Morgan fingerprint density at radius 1 is 1.09 bits per heavy atom. The molecule has 0 saturated carbocycles. The van der Waals surface area contributed by atoms with Crippen molar-refractivity contribution in [1.29, 1.82) is 0 Å². The van der Waals surface area contributed by atoms with Crippen LogP contribution in [-0.2, 0) is 0 Å². The number of fused-ring (bicyclic) bond motifs is 1. The molecule has 3 rings (SSSR count). The molecule has 0 aliphatic carbocycles. The Kier molecular flexibility index (Phi) is 4.52. The number of carbonyl (C=O) groups is 1. The predicted molar refractivity (Wildman–Crippen MR) is 84.5 cm³/mol. The van der Waals surface area contributed by atoms with Crippen LogP contribution >= 0.6 is 0 Å². The largest absolute Gasteiger partial charge is 0.493 e. The number of amides is 1. The molecule has 0 spiro atoms. The SMILES string of the molecule is COc1ccc(C(=O)N2CC[C@@H]3CNC[C@@H]3CC2)cc1OC. The van der Waals surface area contributed by atoms with Crippen molar-refractivity contribution in [2.75, 3.05) is 40.4 Å². The van der Waals surface area contributed by atoms with Gasteiger partial charge >= 0.3 is 0 Å². The zero-order chi connectivity index (χ0) is 15.5. The van der Waals surface area contributed by atoms with Crippen molar-refractivity contribution in [3.8, 4) is 11.5 Å².